The quantitative estimate of drug-likeness (QED) is 0.740. The van der Waals surface area contributed by atoms with E-state index in [1.807, 2.05) is 29.0 Å². The summed E-state index contributed by atoms with van der Waals surface area (Å²) >= 11 is 1.59. The van der Waals surface area contributed by atoms with Gasteiger partial charge < -0.3 is 15.0 Å². The van der Waals surface area contributed by atoms with Crippen LogP contribution in [-0.2, 0) is 6.61 Å². The van der Waals surface area contributed by atoms with Crippen LogP contribution in [0, 0.1) is 0 Å². The lowest BCUT2D eigenvalue weighted by Gasteiger charge is -2.02. The van der Waals surface area contributed by atoms with Crippen LogP contribution >= 0.6 is 11.3 Å². The van der Waals surface area contributed by atoms with Crippen molar-refractivity contribution in [3.63, 3.8) is 0 Å². The molecule has 3 aromatic rings. The average molecular weight is 273 g/mol. The largest absolute Gasteiger partial charge is 0.484 e. The molecule has 0 amide bonds. The zero-order valence-corrected chi connectivity index (χ0v) is 10.8. The van der Waals surface area contributed by atoms with Gasteiger partial charge in [-0.1, -0.05) is 11.2 Å². The second-order valence-corrected chi connectivity index (χ2v) is 4.66. The molecular weight excluding hydrogens is 262 g/mol. The van der Waals surface area contributed by atoms with Crippen molar-refractivity contribution in [1.29, 1.82) is 0 Å². The van der Waals surface area contributed by atoms with Gasteiger partial charge in [-0.05, 0) is 23.6 Å². The summed E-state index contributed by atoms with van der Waals surface area (Å²) in [5.41, 5.74) is 7.27. The Morgan fingerprint density at radius 1 is 1.32 bits per heavy atom. The number of nitrogen functional groups attached to an aromatic ring is 1. The molecule has 0 aliphatic rings. The number of anilines is 1. The molecule has 0 bridgehead atoms. The van der Waals surface area contributed by atoms with Crippen molar-refractivity contribution in [2.24, 2.45) is 0 Å². The lowest BCUT2D eigenvalue weighted by atomic mass is 10.3. The van der Waals surface area contributed by atoms with Crippen LogP contribution < -0.4 is 10.5 Å². The van der Waals surface area contributed by atoms with E-state index in [4.69, 9.17) is 15.0 Å². The van der Waals surface area contributed by atoms with E-state index in [2.05, 4.69) is 10.1 Å². The molecule has 0 saturated carbocycles. The van der Waals surface area contributed by atoms with Gasteiger partial charge in [0.1, 0.15) is 5.75 Å². The van der Waals surface area contributed by atoms with Gasteiger partial charge in [0, 0.05) is 22.7 Å². The van der Waals surface area contributed by atoms with Gasteiger partial charge in [0.15, 0.2) is 6.61 Å². The SMILES string of the molecule is Nc1cccc(OCc2nc(-c3ccsc3)no2)c1. The summed E-state index contributed by atoms with van der Waals surface area (Å²) in [6, 6.07) is 9.14. The van der Waals surface area contributed by atoms with Gasteiger partial charge in [0.25, 0.3) is 5.89 Å². The molecule has 0 atom stereocenters. The van der Waals surface area contributed by atoms with Crippen LogP contribution in [-0.4, -0.2) is 10.1 Å². The van der Waals surface area contributed by atoms with E-state index in [1.165, 1.54) is 0 Å². The molecule has 6 heteroatoms. The second-order valence-electron chi connectivity index (χ2n) is 3.88. The molecule has 0 saturated heterocycles. The maximum atomic E-state index is 5.67. The molecule has 5 nitrogen and oxygen atoms in total. The third-order valence-corrected chi connectivity index (χ3v) is 3.15. The van der Waals surface area contributed by atoms with Gasteiger partial charge in [-0.25, -0.2) is 0 Å². The Morgan fingerprint density at radius 2 is 2.26 bits per heavy atom. The first-order valence-electron chi connectivity index (χ1n) is 5.65. The van der Waals surface area contributed by atoms with E-state index in [9.17, 15) is 0 Å². The second kappa shape index (κ2) is 5.11. The minimum atomic E-state index is 0.223. The minimum absolute atomic E-state index is 0.223. The van der Waals surface area contributed by atoms with Crippen LogP contribution in [0.3, 0.4) is 0 Å². The fourth-order valence-corrected chi connectivity index (χ4v) is 2.21. The van der Waals surface area contributed by atoms with E-state index in [1.54, 1.807) is 23.5 Å². The predicted molar refractivity (Wildman–Crippen MR) is 72.8 cm³/mol. The highest BCUT2D eigenvalue weighted by atomic mass is 32.1. The van der Waals surface area contributed by atoms with Gasteiger partial charge >= 0.3 is 0 Å². The monoisotopic (exact) mass is 273 g/mol. The van der Waals surface area contributed by atoms with Gasteiger partial charge in [-0.2, -0.15) is 16.3 Å². The van der Waals surface area contributed by atoms with E-state index in [-0.39, 0.29) is 6.61 Å². The average Bonchev–Trinajstić information content (AvgIpc) is 3.07. The van der Waals surface area contributed by atoms with Gasteiger partial charge in [-0.15, -0.1) is 0 Å². The van der Waals surface area contributed by atoms with Crippen LogP contribution in [0.5, 0.6) is 5.75 Å². The van der Waals surface area contributed by atoms with Crippen LogP contribution in [0.4, 0.5) is 5.69 Å². The number of ether oxygens (including phenoxy) is 1. The van der Waals surface area contributed by atoms with E-state index >= 15 is 0 Å². The molecule has 2 aromatic heterocycles. The first-order chi connectivity index (χ1) is 9.31. The third kappa shape index (κ3) is 2.74. The molecule has 96 valence electrons. The van der Waals surface area contributed by atoms with E-state index in [0.717, 1.165) is 5.56 Å². The number of nitrogens with zero attached hydrogens (tertiary/aromatic N) is 2. The Balaban J connectivity index is 1.68. The third-order valence-electron chi connectivity index (χ3n) is 2.47. The molecule has 0 aliphatic carbocycles. The fourth-order valence-electron chi connectivity index (χ4n) is 1.57. The Hall–Kier alpha value is -2.34. The molecule has 3 rings (SSSR count). The number of rotatable bonds is 4. The fraction of sp³-hybridized carbons (Fsp3) is 0.0769. The number of hydrogen-bond acceptors (Lipinski definition) is 6. The first kappa shape index (κ1) is 11.7. The number of thiophene rings is 1. The number of nitrogens with two attached hydrogens (primary N) is 1. The molecule has 2 heterocycles. The van der Waals surface area contributed by atoms with Crippen LogP contribution in [0.25, 0.3) is 11.4 Å². The van der Waals surface area contributed by atoms with Crippen molar-refractivity contribution in [2.45, 2.75) is 6.61 Å². The maximum Gasteiger partial charge on any atom is 0.264 e. The number of hydrogen-bond donors (Lipinski definition) is 1. The van der Waals surface area contributed by atoms with Gasteiger partial charge in [-0.3, -0.25) is 0 Å². The molecule has 1 aromatic carbocycles. The summed E-state index contributed by atoms with van der Waals surface area (Å²) in [5, 5.41) is 7.84. The smallest absolute Gasteiger partial charge is 0.264 e. The zero-order chi connectivity index (χ0) is 13.1. The highest BCUT2D eigenvalue weighted by Gasteiger charge is 2.09. The standard InChI is InChI=1S/C13H11N3O2S/c14-10-2-1-3-11(6-10)17-7-12-15-13(16-18-12)9-4-5-19-8-9/h1-6,8H,7,14H2. The first-order valence-corrected chi connectivity index (χ1v) is 6.59. The summed E-state index contributed by atoms with van der Waals surface area (Å²) < 4.78 is 10.7. The summed E-state index contributed by atoms with van der Waals surface area (Å²) in [6.45, 7) is 0.223. The van der Waals surface area contributed by atoms with Crippen molar-refractivity contribution in [3.05, 3.63) is 47.0 Å². The molecule has 0 radical (unpaired) electrons. The highest BCUT2D eigenvalue weighted by molar-refractivity contribution is 7.08. The van der Waals surface area contributed by atoms with Gasteiger partial charge in [0.05, 0.1) is 0 Å². The topological polar surface area (TPSA) is 74.2 Å². The zero-order valence-electron chi connectivity index (χ0n) is 9.95. The Labute approximate surface area is 113 Å². The van der Waals surface area contributed by atoms with Crippen LogP contribution in [0.2, 0.25) is 0 Å². The van der Waals surface area contributed by atoms with E-state index < -0.39 is 0 Å². The number of benzene rings is 1. The van der Waals surface area contributed by atoms with Crippen molar-refractivity contribution in [3.8, 4) is 17.1 Å². The maximum absolute atomic E-state index is 5.67. The molecule has 0 fully saturated rings. The number of aromatic nitrogens is 2. The molecule has 0 aliphatic heterocycles. The van der Waals surface area contributed by atoms with Crippen molar-refractivity contribution >= 4 is 17.0 Å². The molecule has 2 N–H and O–H groups in total. The Bertz CT molecular complexity index is 664. The van der Waals surface area contributed by atoms with Crippen molar-refractivity contribution in [1.82, 2.24) is 10.1 Å². The molecule has 0 unspecified atom stereocenters. The lowest BCUT2D eigenvalue weighted by molar-refractivity contribution is 0.243. The highest BCUT2D eigenvalue weighted by Crippen LogP contribution is 2.20. The van der Waals surface area contributed by atoms with Crippen molar-refractivity contribution < 1.29 is 9.26 Å². The summed E-state index contributed by atoms with van der Waals surface area (Å²) in [4.78, 5) is 4.26. The van der Waals surface area contributed by atoms with Gasteiger partial charge in [0.2, 0.25) is 5.82 Å². The molecule has 0 spiro atoms. The summed E-state index contributed by atoms with van der Waals surface area (Å²) in [5.74, 6) is 1.69. The molecular formula is C13H11N3O2S. The summed E-state index contributed by atoms with van der Waals surface area (Å²) in [7, 11) is 0. The summed E-state index contributed by atoms with van der Waals surface area (Å²) in [6.07, 6.45) is 0. The lowest BCUT2D eigenvalue weighted by Crippen LogP contribution is -1.96. The van der Waals surface area contributed by atoms with Crippen LogP contribution in [0.1, 0.15) is 5.89 Å². The normalized spacial score (nSPS) is 10.5. The minimum Gasteiger partial charge on any atom is -0.484 e. The molecule has 19 heavy (non-hydrogen) atoms. The van der Waals surface area contributed by atoms with Crippen LogP contribution in [0.15, 0.2) is 45.6 Å². The Kier molecular flexibility index (Phi) is 3.16. The van der Waals surface area contributed by atoms with E-state index in [0.29, 0.717) is 23.2 Å². The van der Waals surface area contributed by atoms with Crippen molar-refractivity contribution in [2.75, 3.05) is 5.73 Å². The predicted octanol–water partition coefficient (Wildman–Crippen LogP) is 2.96. The Morgan fingerprint density at radius 3 is 3.05 bits per heavy atom.